The van der Waals surface area contributed by atoms with Crippen molar-refractivity contribution < 1.29 is 13.2 Å². The number of anilines is 3. The van der Waals surface area contributed by atoms with Gasteiger partial charge in [-0.1, -0.05) is 0 Å². The van der Waals surface area contributed by atoms with Crippen molar-refractivity contribution in [1.82, 2.24) is 24.7 Å². The van der Waals surface area contributed by atoms with E-state index in [1.807, 2.05) is 25.2 Å². The van der Waals surface area contributed by atoms with Crippen molar-refractivity contribution in [1.29, 1.82) is 0 Å². The zero-order valence-electron chi connectivity index (χ0n) is 13.6. The van der Waals surface area contributed by atoms with Gasteiger partial charge in [-0.25, -0.2) is 0 Å². The summed E-state index contributed by atoms with van der Waals surface area (Å²) in [6.07, 6.45) is -0.991. The summed E-state index contributed by atoms with van der Waals surface area (Å²) in [6, 6.07) is 7.21. The van der Waals surface area contributed by atoms with E-state index in [9.17, 15) is 13.2 Å². The number of halogens is 3. The molecule has 0 unspecified atom stereocenters. The molecule has 3 aromatic heterocycles. The summed E-state index contributed by atoms with van der Waals surface area (Å²) in [5.74, 6) is 0.295. The second-order valence-corrected chi connectivity index (χ2v) is 5.77. The number of aromatic nitrogens is 5. The lowest BCUT2D eigenvalue weighted by Crippen LogP contribution is -2.22. The first-order chi connectivity index (χ1) is 12.4. The molecule has 1 aromatic carbocycles. The Morgan fingerprint density at radius 2 is 2.04 bits per heavy atom. The standard InChI is InChI=1S/C16H14F3N7/c1-26-12-6-10(3-2-9(12)7-22-26)23-15-24-13-11(4-5-20-13)14(25-15)21-8-16(17,18)19/h2-7H,8H2,1H3,(H3,20,21,23,24,25). The molecule has 134 valence electrons. The molecule has 0 radical (unpaired) electrons. The third-order valence-electron chi connectivity index (χ3n) is 3.88. The van der Waals surface area contributed by atoms with Gasteiger partial charge in [0.25, 0.3) is 0 Å². The molecule has 0 fully saturated rings. The number of alkyl halides is 3. The number of H-pyrrole nitrogens is 1. The van der Waals surface area contributed by atoms with Crippen LogP contribution in [0.3, 0.4) is 0 Å². The summed E-state index contributed by atoms with van der Waals surface area (Å²) in [6.45, 7) is -1.18. The Hall–Kier alpha value is -3.30. The highest BCUT2D eigenvalue weighted by Gasteiger charge is 2.27. The van der Waals surface area contributed by atoms with Gasteiger partial charge in [-0.2, -0.15) is 28.2 Å². The third kappa shape index (κ3) is 3.13. The maximum atomic E-state index is 12.5. The summed E-state index contributed by atoms with van der Waals surface area (Å²) < 4.78 is 39.3. The van der Waals surface area contributed by atoms with E-state index in [0.29, 0.717) is 16.7 Å². The Balaban J connectivity index is 1.67. The Labute approximate surface area is 145 Å². The fourth-order valence-electron chi connectivity index (χ4n) is 2.67. The number of rotatable bonds is 4. The monoisotopic (exact) mass is 361 g/mol. The number of aromatic amines is 1. The zero-order chi connectivity index (χ0) is 18.3. The number of nitrogens with zero attached hydrogens (tertiary/aromatic N) is 4. The van der Waals surface area contributed by atoms with Gasteiger partial charge in [0, 0.05) is 24.3 Å². The van der Waals surface area contributed by atoms with Crippen molar-refractivity contribution in [2.75, 3.05) is 17.2 Å². The van der Waals surface area contributed by atoms with Crippen LogP contribution >= 0.6 is 0 Å². The van der Waals surface area contributed by atoms with E-state index in [4.69, 9.17) is 0 Å². The number of hydrogen-bond donors (Lipinski definition) is 3. The Morgan fingerprint density at radius 3 is 2.85 bits per heavy atom. The minimum atomic E-state index is -4.34. The van der Waals surface area contributed by atoms with Gasteiger partial charge in [0.15, 0.2) is 0 Å². The van der Waals surface area contributed by atoms with Crippen molar-refractivity contribution in [3.8, 4) is 0 Å². The first-order valence-corrected chi connectivity index (χ1v) is 7.73. The average Bonchev–Trinajstić information content (AvgIpc) is 3.19. The number of nitrogens with one attached hydrogen (secondary N) is 3. The molecule has 26 heavy (non-hydrogen) atoms. The normalized spacial score (nSPS) is 12.0. The summed E-state index contributed by atoms with van der Waals surface area (Å²) in [7, 11) is 1.83. The lowest BCUT2D eigenvalue weighted by Gasteiger charge is -2.12. The summed E-state index contributed by atoms with van der Waals surface area (Å²) in [5.41, 5.74) is 2.05. The van der Waals surface area contributed by atoms with Gasteiger partial charge >= 0.3 is 6.18 Å². The lowest BCUT2D eigenvalue weighted by molar-refractivity contribution is -0.115. The van der Waals surface area contributed by atoms with Gasteiger partial charge in [0.2, 0.25) is 5.95 Å². The van der Waals surface area contributed by atoms with Crippen LogP contribution in [0.15, 0.2) is 36.7 Å². The number of benzene rings is 1. The first-order valence-electron chi connectivity index (χ1n) is 7.73. The Kier molecular flexibility index (Phi) is 3.67. The molecule has 3 heterocycles. The second kappa shape index (κ2) is 5.90. The quantitative estimate of drug-likeness (QED) is 0.518. The van der Waals surface area contributed by atoms with Crippen LogP contribution < -0.4 is 10.6 Å². The molecule has 7 nitrogen and oxygen atoms in total. The zero-order valence-corrected chi connectivity index (χ0v) is 13.6. The van der Waals surface area contributed by atoms with Gasteiger partial charge < -0.3 is 15.6 Å². The second-order valence-electron chi connectivity index (χ2n) is 5.77. The minimum absolute atomic E-state index is 0.109. The van der Waals surface area contributed by atoms with Crippen LogP contribution in [0.2, 0.25) is 0 Å². The number of aryl methyl sites for hydroxylation is 1. The van der Waals surface area contributed by atoms with E-state index in [1.54, 1.807) is 23.1 Å². The summed E-state index contributed by atoms with van der Waals surface area (Å²) in [4.78, 5) is 11.4. The third-order valence-corrected chi connectivity index (χ3v) is 3.88. The molecule has 4 rings (SSSR count). The maximum Gasteiger partial charge on any atom is 0.405 e. The molecule has 0 aliphatic rings. The van der Waals surface area contributed by atoms with E-state index in [-0.39, 0.29) is 11.8 Å². The highest BCUT2D eigenvalue weighted by molar-refractivity contribution is 5.89. The maximum absolute atomic E-state index is 12.5. The minimum Gasteiger partial charge on any atom is -0.360 e. The molecular weight excluding hydrogens is 347 g/mol. The van der Waals surface area contributed by atoms with Crippen molar-refractivity contribution in [3.63, 3.8) is 0 Å². The fraction of sp³-hybridized carbons (Fsp3) is 0.188. The molecular formula is C16H14F3N7. The van der Waals surface area contributed by atoms with Crippen LogP contribution in [0.1, 0.15) is 0 Å². The first kappa shape index (κ1) is 16.2. The van der Waals surface area contributed by atoms with Crippen LogP contribution in [-0.2, 0) is 7.05 Å². The van der Waals surface area contributed by atoms with E-state index in [2.05, 4.69) is 30.7 Å². The Bertz CT molecular complexity index is 1080. The SMILES string of the molecule is Cn1ncc2ccc(Nc3nc(NCC(F)(F)F)c4cc[nH]c4n3)cc21. The molecule has 0 spiro atoms. The van der Waals surface area contributed by atoms with Gasteiger partial charge in [-0.3, -0.25) is 4.68 Å². The van der Waals surface area contributed by atoms with Gasteiger partial charge in [0.05, 0.1) is 17.1 Å². The Morgan fingerprint density at radius 1 is 1.19 bits per heavy atom. The average molecular weight is 361 g/mol. The molecule has 0 atom stereocenters. The van der Waals surface area contributed by atoms with Crippen LogP contribution in [0.25, 0.3) is 21.9 Å². The van der Waals surface area contributed by atoms with Crippen molar-refractivity contribution in [2.45, 2.75) is 6.18 Å². The van der Waals surface area contributed by atoms with Crippen molar-refractivity contribution in [2.24, 2.45) is 7.05 Å². The molecule has 0 amide bonds. The molecule has 0 bridgehead atoms. The fourth-order valence-corrected chi connectivity index (χ4v) is 2.67. The molecule has 10 heteroatoms. The van der Waals surface area contributed by atoms with Crippen LogP contribution in [-0.4, -0.2) is 37.5 Å². The molecule has 0 saturated carbocycles. The van der Waals surface area contributed by atoms with Crippen molar-refractivity contribution >= 4 is 39.4 Å². The van der Waals surface area contributed by atoms with Crippen LogP contribution in [0, 0.1) is 0 Å². The molecule has 3 N–H and O–H groups in total. The van der Waals surface area contributed by atoms with Crippen LogP contribution in [0.4, 0.5) is 30.6 Å². The highest BCUT2D eigenvalue weighted by Crippen LogP contribution is 2.26. The predicted molar refractivity (Wildman–Crippen MR) is 92.4 cm³/mol. The largest absolute Gasteiger partial charge is 0.405 e. The predicted octanol–water partition coefficient (Wildman–Crippen LogP) is 3.56. The molecule has 4 aromatic rings. The van der Waals surface area contributed by atoms with Gasteiger partial charge in [-0.15, -0.1) is 0 Å². The topological polar surface area (TPSA) is 83.5 Å². The van der Waals surface area contributed by atoms with Gasteiger partial charge in [0.1, 0.15) is 18.0 Å². The molecule has 0 aliphatic heterocycles. The summed E-state index contributed by atoms with van der Waals surface area (Å²) >= 11 is 0. The smallest absolute Gasteiger partial charge is 0.360 e. The van der Waals surface area contributed by atoms with E-state index < -0.39 is 12.7 Å². The lowest BCUT2D eigenvalue weighted by atomic mass is 10.2. The number of hydrogen-bond acceptors (Lipinski definition) is 5. The van der Waals surface area contributed by atoms with Gasteiger partial charge in [-0.05, 0) is 24.3 Å². The van der Waals surface area contributed by atoms with E-state index in [0.717, 1.165) is 10.9 Å². The number of fused-ring (bicyclic) bond motifs is 2. The summed E-state index contributed by atoms with van der Waals surface area (Å²) in [5, 5.41) is 11.0. The molecule has 0 aliphatic carbocycles. The van der Waals surface area contributed by atoms with E-state index in [1.165, 1.54) is 0 Å². The van der Waals surface area contributed by atoms with Crippen LogP contribution in [0.5, 0.6) is 0 Å². The molecule has 0 saturated heterocycles. The van der Waals surface area contributed by atoms with E-state index >= 15 is 0 Å². The highest BCUT2D eigenvalue weighted by atomic mass is 19.4. The van der Waals surface area contributed by atoms with Crippen molar-refractivity contribution in [3.05, 3.63) is 36.7 Å².